The minimum absolute atomic E-state index is 0.0576. The highest BCUT2D eigenvalue weighted by Gasteiger charge is 2.21. The van der Waals surface area contributed by atoms with Crippen LogP contribution in [0.5, 0.6) is 5.75 Å². The molecule has 1 heterocycles. The number of nitrogens with zero attached hydrogens (tertiary/aromatic N) is 1. The molecule has 0 radical (unpaired) electrons. The van der Waals surface area contributed by atoms with E-state index in [0.717, 1.165) is 11.4 Å². The summed E-state index contributed by atoms with van der Waals surface area (Å²) in [6, 6.07) is 7.29. The Kier molecular flexibility index (Phi) is 5.85. The zero-order valence-electron chi connectivity index (χ0n) is 13.3. The van der Waals surface area contributed by atoms with Crippen molar-refractivity contribution in [2.24, 2.45) is 0 Å². The largest absolute Gasteiger partial charge is 0.497 e. The molecule has 0 bridgehead atoms. The molecule has 2 rings (SSSR count). The molecule has 124 valence electrons. The molecule has 0 saturated carbocycles. The Morgan fingerprint density at radius 2 is 2.00 bits per heavy atom. The van der Waals surface area contributed by atoms with Gasteiger partial charge in [-0.25, -0.2) is 4.79 Å². The van der Waals surface area contributed by atoms with E-state index in [4.69, 9.17) is 9.47 Å². The summed E-state index contributed by atoms with van der Waals surface area (Å²) in [6.45, 7) is 2.75. The molecule has 0 fully saturated rings. The average molecular weight is 319 g/mol. The van der Waals surface area contributed by atoms with E-state index in [2.05, 4.69) is 10.9 Å². The maximum absolute atomic E-state index is 12.1. The number of ketones is 1. The molecule has 0 atom stereocenters. The first kappa shape index (κ1) is 16.7. The second-order valence-electron chi connectivity index (χ2n) is 4.91. The predicted molar refractivity (Wildman–Crippen MR) is 86.1 cm³/mol. The summed E-state index contributed by atoms with van der Waals surface area (Å²) < 4.78 is 10.0. The van der Waals surface area contributed by atoms with Crippen LogP contribution in [0.4, 0.5) is 10.5 Å². The lowest BCUT2D eigenvalue weighted by Gasteiger charge is -2.17. The molecule has 1 aliphatic rings. The van der Waals surface area contributed by atoms with E-state index < -0.39 is 6.09 Å². The number of amides is 1. The van der Waals surface area contributed by atoms with Gasteiger partial charge in [-0.15, -0.1) is 0 Å². The first-order valence-corrected chi connectivity index (χ1v) is 7.45. The SMILES string of the molecule is CCOC(=O)N1CC=C(NNc2ccc(OC)cc2)C(=O)CC1. The van der Waals surface area contributed by atoms with E-state index in [1.165, 1.54) is 4.90 Å². The summed E-state index contributed by atoms with van der Waals surface area (Å²) in [6.07, 6.45) is 1.53. The van der Waals surface area contributed by atoms with Crippen molar-refractivity contribution in [3.8, 4) is 5.75 Å². The van der Waals surface area contributed by atoms with Crippen LogP contribution in [0.1, 0.15) is 13.3 Å². The van der Waals surface area contributed by atoms with Crippen molar-refractivity contribution in [3.05, 3.63) is 36.0 Å². The molecule has 0 unspecified atom stereocenters. The van der Waals surface area contributed by atoms with Gasteiger partial charge in [0.25, 0.3) is 0 Å². The van der Waals surface area contributed by atoms with Gasteiger partial charge in [-0.05, 0) is 37.3 Å². The van der Waals surface area contributed by atoms with Crippen LogP contribution in [0.15, 0.2) is 36.0 Å². The minimum atomic E-state index is -0.402. The second-order valence-corrected chi connectivity index (χ2v) is 4.91. The summed E-state index contributed by atoms with van der Waals surface area (Å²) in [5.74, 6) is 0.697. The smallest absolute Gasteiger partial charge is 0.410 e. The maximum atomic E-state index is 12.1. The number of rotatable bonds is 5. The Bertz CT molecular complexity index is 583. The molecule has 2 N–H and O–H groups in total. The summed E-state index contributed by atoms with van der Waals surface area (Å²) in [4.78, 5) is 25.3. The highest BCUT2D eigenvalue weighted by atomic mass is 16.6. The molecule has 7 nitrogen and oxygen atoms in total. The zero-order chi connectivity index (χ0) is 16.7. The highest BCUT2D eigenvalue weighted by molar-refractivity contribution is 5.95. The molecule has 1 aromatic rings. The van der Waals surface area contributed by atoms with Crippen molar-refractivity contribution in [1.29, 1.82) is 0 Å². The Hall–Kier alpha value is -2.70. The Labute approximate surface area is 135 Å². The number of allylic oxidation sites excluding steroid dienone is 1. The van der Waals surface area contributed by atoms with Gasteiger partial charge in [0.05, 0.1) is 25.1 Å². The summed E-state index contributed by atoms with van der Waals surface area (Å²) >= 11 is 0. The van der Waals surface area contributed by atoms with Crippen LogP contribution in [0, 0.1) is 0 Å². The van der Waals surface area contributed by atoms with Gasteiger partial charge in [-0.2, -0.15) is 0 Å². The molecule has 1 amide bonds. The van der Waals surface area contributed by atoms with Gasteiger partial charge in [-0.1, -0.05) is 0 Å². The molecule has 1 aromatic carbocycles. The fourth-order valence-corrected chi connectivity index (χ4v) is 2.09. The third-order valence-electron chi connectivity index (χ3n) is 3.38. The number of carbonyl (C=O) groups is 2. The van der Waals surface area contributed by atoms with E-state index in [-0.39, 0.29) is 12.2 Å². The lowest BCUT2D eigenvalue weighted by Crippen LogP contribution is -2.32. The number of ether oxygens (including phenoxy) is 2. The van der Waals surface area contributed by atoms with Crippen molar-refractivity contribution in [1.82, 2.24) is 10.3 Å². The molecule has 7 heteroatoms. The van der Waals surface area contributed by atoms with Gasteiger partial charge >= 0.3 is 6.09 Å². The lowest BCUT2D eigenvalue weighted by atomic mass is 10.2. The second kappa shape index (κ2) is 8.07. The predicted octanol–water partition coefficient (Wildman–Crippen LogP) is 1.93. The molecule has 0 aliphatic carbocycles. The van der Waals surface area contributed by atoms with Gasteiger partial charge < -0.3 is 19.8 Å². The Morgan fingerprint density at radius 3 is 2.65 bits per heavy atom. The van der Waals surface area contributed by atoms with Crippen molar-refractivity contribution in [2.75, 3.05) is 32.2 Å². The van der Waals surface area contributed by atoms with Gasteiger partial charge in [0, 0.05) is 19.5 Å². The van der Waals surface area contributed by atoms with Gasteiger partial charge in [0.1, 0.15) is 5.75 Å². The first-order chi connectivity index (χ1) is 11.1. The van der Waals surface area contributed by atoms with E-state index in [1.807, 2.05) is 24.3 Å². The van der Waals surface area contributed by atoms with Gasteiger partial charge in [0.15, 0.2) is 5.78 Å². The molecule has 0 spiro atoms. The number of methoxy groups -OCH3 is 1. The van der Waals surface area contributed by atoms with Crippen LogP contribution in [-0.4, -0.2) is 43.6 Å². The summed E-state index contributed by atoms with van der Waals surface area (Å²) in [5, 5.41) is 0. The molecule has 0 saturated heterocycles. The number of hydrogen-bond donors (Lipinski definition) is 2. The van der Waals surface area contributed by atoms with Gasteiger partial charge in [-0.3, -0.25) is 10.2 Å². The van der Waals surface area contributed by atoms with Crippen molar-refractivity contribution in [2.45, 2.75) is 13.3 Å². The first-order valence-electron chi connectivity index (χ1n) is 7.45. The normalized spacial score (nSPS) is 14.6. The molecule has 0 aromatic heterocycles. The molecule has 23 heavy (non-hydrogen) atoms. The third-order valence-corrected chi connectivity index (χ3v) is 3.38. The fourth-order valence-electron chi connectivity index (χ4n) is 2.09. The van der Waals surface area contributed by atoms with Crippen molar-refractivity contribution in [3.63, 3.8) is 0 Å². The standard InChI is InChI=1S/C16H21N3O4/c1-3-23-16(21)19-10-8-14(15(20)9-11-19)18-17-12-4-6-13(22-2)7-5-12/h4-8,17-18H,3,9-11H2,1-2H3. The van der Waals surface area contributed by atoms with Crippen LogP contribution in [0.3, 0.4) is 0 Å². The lowest BCUT2D eigenvalue weighted by molar-refractivity contribution is -0.115. The van der Waals surface area contributed by atoms with Crippen LogP contribution in [0.2, 0.25) is 0 Å². The quantitative estimate of drug-likeness (QED) is 0.807. The number of benzene rings is 1. The van der Waals surface area contributed by atoms with Crippen LogP contribution < -0.4 is 15.6 Å². The van der Waals surface area contributed by atoms with Gasteiger partial charge in [0.2, 0.25) is 0 Å². The number of anilines is 1. The van der Waals surface area contributed by atoms with E-state index in [0.29, 0.717) is 25.4 Å². The number of carbonyl (C=O) groups excluding carboxylic acids is 2. The van der Waals surface area contributed by atoms with Crippen molar-refractivity contribution >= 4 is 17.6 Å². The topological polar surface area (TPSA) is 79.9 Å². The van der Waals surface area contributed by atoms with Crippen LogP contribution in [0.25, 0.3) is 0 Å². The maximum Gasteiger partial charge on any atom is 0.410 e. The fraction of sp³-hybridized carbons (Fsp3) is 0.375. The van der Waals surface area contributed by atoms with E-state index in [9.17, 15) is 9.59 Å². The third kappa shape index (κ3) is 4.64. The summed E-state index contributed by atoms with van der Waals surface area (Å²) in [7, 11) is 1.60. The van der Waals surface area contributed by atoms with Crippen LogP contribution >= 0.6 is 0 Å². The van der Waals surface area contributed by atoms with E-state index in [1.54, 1.807) is 20.1 Å². The zero-order valence-corrected chi connectivity index (χ0v) is 13.3. The molecular weight excluding hydrogens is 298 g/mol. The molecular formula is C16H21N3O4. The number of hydrazine groups is 1. The van der Waals surface area contributed by atoms with Crippen molar-refractivity contribution < 1.29 is 19.1 Å². The Balaban J connectivity index is 1.94. The average Bonchev–Trinajstić information content (AvgIpc) is 2.75. The summed E-state index contributed by atoms with van der Waals surface area (Å²) in [5.41, 5.74) is 7.10. The Morgan fingerprint density at radius 1 is 1.26 bits per heavy atom. The number of nitrogens with one attached hydrogen (secondary N) is 2. The van der Waals surface area contributed by atoms with E-state index >= 15 is 0 Å². The number of hydrogen-bond acceptors (Lipinski definition) is 6. The molecule has 1 aliphatic heterocycles. The minimum Gasteiger partial charge on any atom is -0.497 e. The number of Topliss-reactive ketones (excluding diaryl/α,β-unsaturated/α-hetero) is 1. The monoisotopic (exact) mass is 319 g/mol. The highest BCUT2D eigenvalue weighted by Crippen LogP contribution is 2.15. The van der Waals surface area contributed by atoms with Crippen LogP contribution in [-0.2, 0) is 9.53 Å².